The minimum Gasteiger partial charge on any atom is -0.478 e. The fourth-order valence-corrected chi connectivity index (χ4v) is 1.34. The average molecular weight is 207 g/mol. The van der Waals surface area contributed by atoms with Crippen LogP contribution in [-0.4, -0.2) is 21.6 Å². The molecule has 5 nitrogen and oxygen atoms in total. The van der Waals surface area contributed by atoms with Crippen LogP contribution >= 0.6 is 0 Å². The first-order valence-corrected chi connectivity index (χ1v) is 4.77. The zero-order valence-corrected chi connectivity index (χ0v) is 8.45. The number of pyridine rings is 1. The number of anilines is 2. The molecule has 1 aliphatic rings. The minimum atomic E-state index is -1.01. The Kier molecular flexibility index (Phi) is 2.03. The highest BCUT2D eigenvalue weighted by molar-refractivity contribution is 5.94. The molecule has 0 spiro atoms. The molecule has 0 amide bonds. The van der Waals surface area contributed by atoms with Crippen LogP contribution in [0.3, 0.4) is 0 Å². The summed E-state index contributed by atoms with van der Waals surface area (Å²) >= 11 is 0. The lowest BCUT2D eigenvalue weighted by molar-refractivity contribution is 0.0697. The van der Waals surface area contributed by atoms with Crippen molar-refractivity contribution in [3.05, 3.63) is 17.8 Å². The van der Waals surface area contributed by atoms with Crippen molar-refractivity contribution in [2.75, 3.05) is 11.1 Å². The number of rotatable bonds is 3. The SMILES string of the molecule is CC1(Nc2ncc(N)cc2C(=O)O)CC1. The number of carbonyl (C=O) groups is 1. The van der Waals surface area contributed by atoms with E-state index in [4.69, 9.17) is 10.8 Å². The van der Waals surface area contributed by atoms with Gasteiger partial charge in [0.25, 0.3) is 0 Å². The van der Waals surface area contributed by atoms with Gasteiger partial charge in [-0.1, -0.05) is 0 Å². The number of aromatic carboxylic acids is 1. The number of nitrogen functional groups attached to an aromatic ring is 1. The number of hydrogen-bond acceptors (Lipinski definition) is 4. The van der Waals surface area contributed by atoms with E-state index in [2.05, 4.69) is 10.3 Å². The van der Waals surface area contributed by atoms with E-state index >= 15 is 0 Å². The van der Waals surface area contributed by atoms with Gasteiger partial charge < -0.3 is 16.2 Å². The molecule has 0 atom stereocenters. The van der Waals surface area contributed by atoms with Crippen molar-refractivity contribution >= 4 is 17.5 Å². The van der Waals surface area contributed by atoms with Gasteiger partial charge in [-0.3, -0.25) is 0 Å². The molecule has 4 N–H and O–H groups in total. The summed E-state index contributed by atoms with van der Waals surface area (Å²) < 4.78 is 0. The van der Waals surface area contributed by atoms with E-state index in [-0.39, 0.29) is 11.1 Å². The zero-order chi connectivity index (χ0) is 11.1. The number of hydrogen-bond donors (Lipinski definition) is 3. The molecule has 0 radical (unpaired) electrons. The summed E-state index contributed by atoms with van der Waals surface area (Å²) in [5.41, 5.74) is 5.99. The lowest BCUT2D eigenvalue weighted by atomic mass is 10.2. The molecule has 80 valence electrons. The normalized spacial score (nSPS) is 17.1. The Bertz CT molecular complexity index is 413. The highest BCUT2D eigenvalue weighted by Gasteiger charge is 2.38. The van der Waals surface area contributed by atoms with Gasteiger partial charge in [-0.2, -0.15) is 0 Å². The van der Waals surface area contributed by atoms with Crippen molar-refractivity contribution in [3.63, 3.8) is 0 Å². The van der Waals surface area contributed by atoms with E-state index in [1.165, 1.54) is 12.3 Å². The topological polar surface area (TPSA) is 88.2 Å². The maximum absolute atomic E-state index is 10.9. The smallest absolute Gasteiger partial charge is 0.339 e. The fraction of sp³-hybridized carbons (Fsp3) is 0.400. The largest absolute Gasteiger partial charge is 0.478 e. The van der Waals surface area contributed by atoms with Crippen LogP contribution in [0.4, 0.5) is 11.5 Å². The van der Waals surface area contributed by atoms with E-state index in [9.17, 15) is 4.79 Å². The molecule has 1 saturated carbocycles. The molecule has 0 aliphatic heterocycles. The molecule has 1 aliphatic carbocycles. The molecule has 5 heteroatoms. The van der Waals surface area contributed by atoms with Crippen LogP contribution in [-0.2, 0) is 0 Å². The molecule has 0 unspecified atom stereocenters. The molecular formula is C10H13N3O2. The summed E-state index contributed by atoms with van der Waals surface area (Å²) in [6.07, 6.45) is 3.54. The van der Waals surface area contributed by atoms with Gasteiger partial charge in [0.1, 0.15) is 11.4 Å². The van der Waals surface area contributed by atoms with Crippen LogP contribution in [0.1, 0.15) is 30.1 Å². The summed E-state index contributed by atoms with van der Waals surface area (Å²) in [6.45, 7) is 2.04. The fourth-order valence-electron chi connectivity index (χ4n) is 1.34. The van der Waals surface area contributed by atoms with Crippen molar-refractivity contribution < 1.29 is 9.90 Å². The van der Waals surface area contributed by atoms with Gasteiger partial charge in [-0.15, -0.1) is 0 Å². The van der Waals surface area contributed by atoms with E-state index in [0.717, 1.165) is 12.8 Å². The zero-order valence-electron chi connectivity index (χ0n) is 8.45. The first-order chi connectivity index (χ1) is 7.00. The summed E-state index contributed by atoms with van der Waals surface area (Å²) in [4.78, 5) is 15.0. The van der Waals surface area contributed by atoms with Crippen LogP contribution in [0.2, 0.25) is 0 Å². The van der Waals surface area contributed by atoms with Crippen LogP contribution in [0.15, 0.2) is 12.3 Å². The summed E-state index contributed by atoms with van der Waals surface area (Å²) in [6, 6.07) is 1.42. The van der Waals surface area contributed by atoms with Crippen molar-refractivity contribution in [1.29, 1.82) is 0 Å². The maximum Gasteiger partial charge on any atom is 0.339 e. The van der Waals surface area contributed by atoms with E-state index < -0.39 is 5.97 Å². The third-order valence-corrected chi connectivity index (χ3v) is 2.56. The number of aromatic nitrogens is 1. The number of nitrogens with one attached hydrogen (secondary N) is 1. The van der Waals surface area contributed by atoms with Gasteiger partial charge in [0.2, 0.25) is 0 Å². The molecule has 1 heterocycles. The number of carboxylic acid groups (broad SMARTS) is 1. The molecule has 2 rings (SSSR count). The number of carboxylic acids is 1. The third-order valence-electron chi connectivity index (χ3n) is 2.56. The summed E-state index contributed by atoms with van der Waals surface area (Å²) in [5.74, 6) is -0.613. The lowest BCUT2D eigenvalue weighted by Crippen LogP contribution is -2.19. The summed E-state index contributed by atoms with van der Waals surface area (Å²) in [7, 11) is 0. The Labute approximate surface area is 87.3 Å². The predicted molar refractivity (Wildman–Crippen MR) is 56.9 cm³/mol. The first-order valence-electron chi connectivity index (χ1n) is 4.77. The third kappa shape index (κ3) is 2.01. The summed E-state index contributed by atoms with van der Waals surface area (Å²) in [5, 5.41) is 12.1. The molecule has 0 bridgehead atoms. The highest BCUT2D eigenvalue weighted by Crippen LogP contribution is 2.38. The molecule has 1 aromatic heterocycles. The van der Waals surface area contributed by atoms with Crippen LogP contribution < -0.4 is 11.1 Å². The number of nitrogens with zero attached hydrogens (tertiary/aromatic N) is 1. The molecular weight excluding hydrogens is 194 g/mol. The Morgan fingerprint density at radius 1 is 1.67 bits per heavy atom. The van der Waals surface area contributed by atoms with Gasteiger partial charge in [0.05, 0.1) is 11.9 Å². The Hall–Kier alpha value is -1.78. The number of nitrogens with two attached hydrogens (primary N) is 1. The van der Waals surface area contributed by atoms with Crippen LogP contribution in [0.25, 0.3) is 0 Å². The van der Waals surface area contributed by atoms with Crippen molar-refractivity contribution in [3.8, 4) is 0 Å². The Morgan fingerprint density at radius 3 is 2.87 bits per heavy atom. The molecule has 1 fully saturated rings. The average Bonchev–Trinajstić information content (AvgIpc) is 2.87. The van der Waals surface area contributed by atoms with Gasteiger partial charge in [-0.05, 0) is 25.8 Å². The second-order valence-corrected chi connectivity index (χ2v) is 4.16. The maximum atomic E-state index is 10.9. The second kappa shape index (κ2) is 3.12. The van der Waals surface area contributed by atoms with E-state index in [1.54, 1.807) is 0 Å². The van der Waals surface area contributed by atoms with Gasteiger partial charge >= 0.3 is 5.97 Å². The van der Waals surface area contributed by atoms with Gasteiger partial charge in [0.15, 0.2) is 0 Å². The van der Waals surface area contributed by atoms with E-state index in [0.29, 0.717) is 11.5 Å². The van der Waals surface area contributed by atoms with Crippen molar-refractivity contribution in [2.45, 2.75) is 25.3 Å². The van der Waals surface area contributed by atoms with Crippen molar-refractivity contribution in [2.24, 2.45) is 0 Å². The second-order valence-electron chi connectivity index (χ2n) is 4.16. The monoisotopic (exact) mass is 207 g/mol. The Morgan fingerprint density at radius 2 is 2.33 bits per heavy atom. The quantitative estimate of drug-likeness (QED) is 0.695. The molecule has 0 saturated heterocycles. The van der Waals surface area contributed by atoms with E-state index in [1.807, 2.05) is 6.92 Å². The van der Waals surface area contributed by atoms with Crippen molar-refractivity contribution in [1.82, 2.24) is 4.98 Å². The highest BCUT2D eigenvalue weighted by atomic mass is 16.4. The van der Waals surface area contributed by atoms with Gasteiger partial charge in [-0.25, -0.2) is 9.78 Å². The van der Waals surface area contributed by atoms with Crippen LogP contribution in [0.5, 0.6) is 0 Å². The van der Waals surface area contributed by atoms with Crippen LogP contribution in [0, 0.1) is 0 Å². The standard InChI is InChI=1S/C10H13N3O2/c1-10(2-3-10)13-8-7(9(14)15)4-6(11)5-12-8/h4-5H,2-3,11H2,1H3,(H,12,13)(H,14,15). The van der Waals surface area contributed by atoms with Gasteiger partial charge in [0, 0.05) is 5.54 Å². The molecule has 15 heavy (non-hydrogen) atoms. The predicted octanol–water partition coefficient (Wildman–Crippen LogP) is 1.33. The molecule has 1 aromatic rings. The Balaban J connectivity index is 2.32. The molecule has 0 aromatic carbocycles. The minimum absolute atomic E-state index is 0.00726. The lowest BCUT2D eigenvalue weighted by Gasteiger charge is -2.14. The first kappa shape index (κ1) is 9.76.